The first kappa shape index (κ1) is 22.0. The average Bonchev–Trinajstić information content (AvgIpc) is 2.60. The lowest BCUT2D eigenvalue weighted by molar-refractivity contribution is 0.101. The largest absolute Gasteiger partial charge is 0.393 e. The quantitative estimate of drug-likeness (QED) is 0.482. The SMILES string of the molecule is C=CCC(O)C(C)CC(C)CCC(O)C/C(=C\Cl)Cc1ccccc1. The van der Waals surface area contributed by atoms with Crippen LogP contribution in [0.15, 0.2) is 54.1 Å². The van der Waals surface area contributed by atoms with Crippen molar-refractivity contribution in [2.75, 3.05) is 0 Å². The number of benzene rings is 1. The Morgan fingerprint density at radius 2 is 1.84 bits per heavy atom. The molecule has 0 radical (unpaired) electrons. The van der Waals surface area contributed by atoms with Crippen LogP contribution in [-0.4, -0.2) is 22.4 Å². The molecule has 25 heavy (non-hydrogen) atoms. The molecule has 140 valence electrons. The minimum Gasteiger partial charge on any atom is -0.393 e. The smallest absolute Gasteiger partial charge is 0.0600 e. The molecular formula is C22H33ClO2. The molecule has 0 saturated heterocycles. The molecule has 0 fully saturated rings. The van der Waals surface area contributed by atoms with Gasteiger partial charge in [-0.1, -0.05) is 67.4 Å². The third-order valence-electron chi connectivity index (χ3n) is 4.76. The van der Waals surface area contributed by atoms with E-state index in [4.69, 9.17) is 11.6 Å². The molecule has 0 aliphatic heterocycles. The third-order valence-corrected chi connectivity index (χ3v) is 5.07. The van der Waals surface area contributed by atoms with Crippen molar-refractivity contribution in [2.24, 2.45) is 11.8 Å². The molecule has 1 aromatic carbocycles. The molecule has 4 atom stereocenters. The summed E-state index contributed by atoms with van der Waals surface area (Å²) in [5, 5.41) is 20.3. The highest BCUT2D eigenvalue weighted by Crippen LogP contribution is 2.23. The van der Waals surface area contributed by atoms with Crippen molar-refractivity contribution in [1.82, 2.24) is 0 Å². The van der Waals surface area contributed by atoms with Crippen LogP contribution in [-0.2, 0) is 6.42 Å². The van der Waals surface area contributed by atoms with Gasteiger partial charge in [0.25, 0.3) is 0 Å². The maximum Gasteiger partial charge on any atom is 0.0600 e. The van der Waals surface area contributed by atoms with Gasteiger partial charge in [-0.25, -0.2) is 0 Å². The van der Waals surface area contributed by atoms with Crippen molar-refractivity contribution < 1.29 is 10.2 Å². The van der Waals surface area contributed by atoms with Gasteiger partial charge in [0.1, 0.15) is 0 Å². The van der Waals surface area contributed by atoms with Crippen LogP contribution in [0.5, 0.6) is 0 Å². The van der Waals surface area contributed by atoms with Crippen LogP contribution in [0.2, 0.25) is 0 Å². The maximum atomic E-state index is 10.3. The zero-order valence-electron chi connectivity index (χ0n) is 15.6. The Balaban J connectivity index is 2.35. The van der Waals surface area contributed by atoms with E-state index in [0.29, 0.717) is 18.8 Å². The fourth-order valence-corrected chi connectivity index (χ4v) is 3.37. The van der Waals surface area contributed by atoms with Crippen molar-refractivity contribution in [3.05, 3.63) is 59.7 Å². The van der Waals surface area contributed by atoms with E-state index in [2.05, 4.69) is 32.6 Å². The Kier molecular flexibility index (Phi) is 10.8. The fraction of sp³-hybridized carbons (Fsp3) is 0.545. The summed E-state index contributed by atoms with van der Waals surface area (Å²) in [4.78, 5) is 0. The second kappa shape index (κ2) is 12.3. The Morgan fingerprint density at radius 3 is 2.44 bits per heavy atom. The van der Waals surface area contributed by atoms with Gasteiger partial charge in [-0.2, -0.15) is 0 Å². The number of hydrogen-bond donors (Lipinski definition) is 2. The van der Waals surface area contributed by atoms with Gasteiger partial charge in [-0.15, -0.1) is 6.58 Å². The Labute approximate surface area is 158 Å². The van der Waals surface area contributed by atoms with E-state index in [0.717, 1.165) is 31.3 Å². The van der Waals surface area contributed by atoms with Crippen LogP contribution in [0.4, 0.5) is 0 Å². The van der Waals surface area contributed by atoms with Gasteiger partial charge in [0.15, 0.2) is 0 Å². The standard InChI is InChI=1S/C22H33ClO2/c1-4-8-22(25)18(3)13-17(2)11-12-21(24)15-20(16-23)14-19-9-6-5-7-10-19/h4-7,9-10,16-18,21-22,24-25H,1,8,11-15H2,2-3H3/b20-16-. The first-order chi connectivity index (χ1) is 12.0. The molecule has 2 N–H and O–H groups in total. The van der Waals surface area contributed by atoms with Gasteiger partial charge in [0, 0.05) is 5.54 Å². The fourth-order valence-electron chi connectivity index (χ4n) is 3.21. The minimum absolute atomic E-state index is 0.251. The number of rotatable bonds is 12. The monoisotopic (exact) mass is 364 g/mol. The first-order valence-corrected chi connectivity index (χ1v) is 9.69. The molecular weight excluding hydrogens is 332 g/mol. The number of aliphatic hydroxyl groups excluding tert-OH is 2. The van der Waals surface area contributed by atoms with Crippen molar-refractivity contribution in [3.8, 4) is 0 Å². The van der Waals surface area contributed by atoms with Crippen LogP contribution in [0, 0.1) is 11.8 Å². The molecule has 1 aromatic rings. The average molecular weight is 365 g/mol. The highest BCUT2D eigenvalue weighted by molar-refractivity contribution is 6.25. The molecule has 0 aromatic heterocycles. The van der Waals surface area contributed by atoms with Gasteiger partial charge in [0.05, 0.1) is 12.2 Å². The van der Waals surface area contributed by atoms with Gasteiger partial charge >= 0.3 is 0 Å². The lowest BCUT2D eigenvalue weighted by Crippen LogP contribution is -2.20. The molecule has 0 aliphatic carbocycles. The molecule has 0 spiro atoms. The molecule has 2 nitrogen and oxygen atoms in total. The Hall–Kier alpha value is -1.09. The number of hydrogen-bond acceptors (Lipinski definition) is 2. The summed E-state index contributed by atoms with van der Waals surface area (Å²) in [5.74, 6) is 0.725. The first-order valence-electron chi connectivity index (χ1n) is 9.25. The van der Waals surface area contributed by atoms with Gasteiger partial charge < -0.3 is 10.2 Å². The summed E-state index contributed by atoms with van der Waals surface area (Å²) in [7, 11) is 0. The molecule has 0 amide bonds. The van der Waals surface area contributed by atoms with Crippen LogP contribution in [0.1, 0.15) is 51.5 Å². The summed E-state index contributed by atoms with van der Waals surface area (Å²) in [5.41, 5.74) is 3.87. The molecule has 1 rings (SSSR count). The van der Waals surface area contributed by atoms with E-state index in [1.165, 1.54) is 5.56 Å². The zero-order chi connectivity index (χ0) is 18.7. The van der Waals surface area contributed by atoms with E-state index < -0.39 is 0 Å². The Bertz CT molecular complexity index is 512. The summed E-state index contributed by atoms with van der Waals surface area (Å²) in [6, 6.07) is 10.2. The van der Waals surface area contributed by atoms with Gasteiger partial charge in [-0.05, 0) is 55.9 Å². The number of halogens is 1. The van der Waals surface area contributed by atoms with Gasteiger partial charge in [0.2, 0.25) is 0 Å². The predicted molar refractivity (Wildman–Crippen MR) is 108 cm³/mol. The van der Waals surface area contributed by atoms with Crippen LogP contribution < -0.4 is 0 Å². The zero-order valence-corrected chi connectivity index (χ0v) is 16.3. The lowest BCUT2D eigenvalue weighted by Gasteiger charge is -2.22. The summed E-state index contributed by atoms with van der Waals surface area (Å²) < 4.78 is 0. The van der Waals surface area contributed by atoms with E-state index in [1.54, 1.807) is 11.6 Å². The van der Waals surface area contributed by atoms with Crippen LogP contribution >= 0.6 is 11.6 Å². The molecule has 0 aliphatic rings. The normalized spacial score (nSPS) is 16.9. The van der Waals surface area contributed by atoms with Crippen LogP contribution in [0.3, 0.4) is 0 Å². The molecule has 0 bridgehead atoms. The second-order valence-electron chi connectivity index (χ2n) is 7.27. The van der Waals surface area contributed by atoms with Crippen molar-refractivity contribution >= 4 is 11.6 Å². The number of aliphatic hydroxyl groups is 2. The topological polar surface area (TPSA) is 40.5 Å². The molecule has 3 heteroatoms. The third kappa shape index (κ3) is 9.25. The van der Waals surface area contributed by atoms with E-state index in [1.807, 2.05) is 18.2 Å². The summed E-state index contributed by atoms with van der Waals surface area (Å²) in [6.07, 6.45) is 5.78. The van der Waals surface area contributed by atoms with Crippen molar-refractivity contribution in [2.45, 2.75) is 64.6 Å². The lowest BCUT2D eigenvalue weighted by atomic mass is 9.87. The highest BCUT2D eigenvalue weighted by atomic mass is 35.5. The summed E-state index contributed by atoms with van der Waals surface area (Å²) >= 11 is 5.95. The van der Waals surface area contributed by atoms with E-state index >= 15 is 0 Å². The Morgan fingerprint density at radius 1 is 1.16 bits per heavy atom. The second-order valence-corrected chi connectivity index (χ2v) is 7.49. The van der Waals surface area contributed by atoms with E-state index in [9.17, 15) is 10.2 Å². The summed E-state index contributed by atoms with van der Waals surface area (Å²) in [6.45, 7) is 7.94. The van der Waals surface area contributed by atoms with Crippen molar-refractivity contribution in [3.63, 3.8) is 0 Å². The van der Waals surface area contributed by atoms with Crippen LogP contribution in [0.25, 0.3) is 0 Å². The highest BCUT2D eigenvalue weighted by Gasteiger charge is 2.17. The maximum absolute atomic E-state index is 10.3. The molecule has 4 unspecified atom stereocenters. The minimum atomic E-state index is -0.371. The van der Waals surface area contributed by atoms with Crippen molar-refractivity contribution in [1.29, 1.82) is 0 Å². The van der Waals surface area contributed by atoms with E-state index in [-0.39, 0.29) is 18.1 Å². The molecule has 0 heterocycles. The predicted octanol–water partition coefficient (Wildman–Crippen LogP) is 5.48. The molecule has 0 saturated carbocycles. The van der Waals surface area contributed by atoms with Gasteiger partial charge in [-0.3, -0.25) is 0 Å².